The maximum atomic E-state index is 4.71. The Morgan fingerprint density at radius 3 is 2.62 bits per heavy atom. The number of nitrogens with zero attached hydrogens (tertiary/aromatic N) is 3. The van der Waals surface area contributed by atoms with E-state index in [4.69, 9.17) is 4.99 Å². The first-order valence-electron chi connectivity index (χ1n) is 9.62. The SMILES string of the molecule is CCNC(=NCCCN1CCN(C)CC1c1ccccc1)NC(C)C.I. The van der Waals surface area contributed by atoms with Gasteiger partial charge in [0.05, 0.1) is 0 Å². The fourth-order valence-corrected chi connectivity index (χ4v) is 3.27. The summed E-state index contributed by atoms with van der Waals surface area (Å²) in [5, 5.41) is 6.69. The third-order valence-corrected chi connectivity index (χ3v) is 4.52. The molecule has 1 aliphatic heterocycles. The highest BCUT2D eigenvalue weighted by Gasteiger charge is 2.25. The van der Waals surface area contributed by atoms with E-state index in [2.05, 4.69) is 78.6 Å². The van der Waals surface area contributed by atoms with Crippen LogP contribution in [0.5, 0.6) is 0 Å². The van der Waals surface area contributed by atoms with E-state index in [0.29, 0.717) is 12.1 Å². The number of benzene rings is 1. The van der Waals surface area contributed by atoms with Gasteiger partial charge in [-0.25, -0.2) is 0 Å². The molecule has 0 spiro atoms. The maximum Gasteiger partial charge on any atom is 0.191 e. The Hall–Kier alpha value is -0.860. The summed E-state index contributed by atoms with van der Waals surface area (Å²) >= 11 is 0. The molecule has 5 nitrogen and oxygen atoms in total. The van der Waals surface area contributed by atoms with Crippen molar-refractivity contribution in [3.63, 3.8) is 0 Å². The standard InChI is InChI=1S/C20H35N5.HI/c1-5-21-20(23-17(2)3)22-12-9-13-25-15-14-24(4)16-19(25)18-10-7-6-8-11-18;/h6-8,10-11,17,19H,5,9,12-16H2,1-4H3,(H2,21,22,23);1H. The van der Waals surface area contributed by atoms with Crippen LogP contribution in [0.4, 0.5) is 0 Å². The molecule has 0 radical (unpaired) electrons. The smallest absolute Gasteiger partial charge is 0.191 e. The second-order valence-electron chi connectivity index (χ2n) is 7.14. The van der Waals surface area contributed by atoms with Crippen LogP contribution >= 0.6 is 24.0 Å². The van der Waals surface area contributed by atoms with Crippen molar-refractivity contribution >= 4 is 29.9 Å². The van der Waals surface area contributed by atoms with Crippen molar-refractivity contribution in [2.24, 2.45) is 4.99 Å². The fourth-order valence-electron chi connectivity index (χ4n) is 3.27. The quantitative estimate of drug-likeness (QED) is 0.277. The van der Waals surface area contributed by atoms with E-state index in [1.165, 1.54) is 5.56 Å². The molecule has 1 atom stereocenters. The highest BCUT2D eigenvalue weighted by Crippen LogP contribution is 2.24. The van der Waals surface area contributed by atoms with Crippen LogP contribution in [0.3, 0.4) is 0 Å². The molecule has 1 aliphatic rings. The lowest BCUT2D eigenvalue weighted by Crippen LogP contribution is -2.47. The molecule has 1 saturated heterocycles. The highest BCUT2D eigenvalue weighted by molar-refractivity contribution is 14.0. The molecule has 0 saturated carbocycles. The monoisotopic (exact) mass is 473 g/mol. The molecule has 0 bridgehead atoms. The maximum absolute atomic E-state index is 4.71. The normalized spacial score (nSPS) is 19.3. The molecular weight excluding hydrogens is 437 g/mol. The van der Waals surface area contributed by atoms with E-state index < -0.39 is 0 Å². The number of guanidine groups is 1. The van der Waals surface area contributed by atoms with Crippen molar-refractivity contribution < 1.29 is 0 Å². The third kappa shape index (κ3) is 7.80. The van der Waals surface area contributed by atoms with Crippen molar-refractivity contribution in [2.45, 2.75) is 39.3 Å². The Morgan fingerprint density at radius 1 is 1.23 bits per heavy atom. The van der Waals surface area contributed by atoms with E-state index in [1.807, 2.05) is 0 Å². The van der Waals surface area contributed by atoms with Gasteiger partial charge in [0.2, 0.25) is 0 Å². The zero-order valence-electron chi connectivity index (χ0n) is 16.7. The molecule has 26 heavy (non-hydrogen) atoms. The molecule has 1 unspecified atom stereocenters. The Labute approximate surface area is 176 Å². The Bertz CT molecular complexity index is 520. The van der Waals surface area contributed by atoms with Crippen molar-refractivity contribution in [2.75, 3.05) is 46.3 Å². The Morgan fingerprint density at radius 2 is 1.96 bits per heavy atom. The van der Waals surface area contributed by atoms with E-state index in [0.717, 1.165) is 51.6 Å². The summed E-state index contributed by atoms with van der Waals surface area (Å²) < 4.78 is 0. The predicted molar refractivity (Wildman–Crippen MR) is 123 cm³/mol. The van der Waals surface area contributed by atoms with Crippen LogP contribution in [0.2, 0.25) is 0 Å². The van der Waals surface area contributed by atoms with Gasteiger partial charge >= 0.3 is 0 Å². The molecule has 1 aromatic rings. The van der Waals surface area contributed by atoms with Crippen LogP contribution in [-0.4, -0.2) is 68.1 Å². The van der Waals surface area contributed by atoms with Crippen LogP contribution in [-0.2, 0) is 0 Å². The van der Waals surface area contributed by atoms with Crippen LogP contribution in [0.1, 0.15) is 38.8 Å². The highest BCUT2D eigenvalue weighted by atomic mass is 127. The molecule has 6 heteroatoms. The van der Waals surface area contributed by atoms with E-state index in [9.17, 15) is 0 Å². The average molecular weight is 473 g/mol. The van der Waals surface area contributed by atoms with Crippen LogP contribution in [0.15, 0.2) is 35.3 Å². The third-order valence-electron chi connectivity index (χ3n) is 4.52. The predicted octanol–water partition coefficient (Wildman–Crippen LogP) is 2.95. The topological polar surface area (TPSA) is 42.9 Å². The van der Waals surface area contributed by atoms with E-state index in [-0.39, 0.29) is 24.0 Å². The molecule has 2 rings (SSSR count). The fraction of sp³-hybridized carbons (Fsp3) is 0.650. The lowest BCUT2D eigenvalue weighted by molar-refractivity contribution is 0.0894. The minimum absolute atomic E-state index is 0. The summed E-state index contributed by atoms with van der Waals surface area (Å²) in [5.41, 5.74) is 1.42. The van der Waals surface area contributed by atoms with E-state index in [1.54, 1.807) is 0 Å². The zero-order valence-corrected chi connectivity index (χ0v) is 19.1. The number of aliphatic imine (C=N–C) groups is 1. The summed E-state index contributed by atoms with van der Waals surface area (Å²) in [6, 6.07) is 11.8. The second-order valence-corrected chi connectivity index (χ2v) is 7.14. The largest absolute Gasteiger partial charge is 0.357 e. The molecule has 0 amide bonds. The van der Waals surface area contributed by atoms with Crippen molar-refractivity contribution in [1.29, 1.82) is 0 Å². The van der Waals surface area contributed by atoms with Crippen molar-refractivity contribution in [3.05, 3.63) is 35.9 Å². The molecule has 0 aliphatic carbocycles. The van der Waals surface area contributed by atoms with Crippen LogP contribution in [0.25, 0.3) is 0 Å². The number of piperazine rings is 1. The number of halogens is 1. The summed E-state index contributed by atoms with van der Waals surface area (Å²) in [4.78, 5) is 9.76. The first kappa shape index (κ1) is 23.2. The number of nitrogens with one attached hydrogen (secondary N) is 2. The molecule has 1 fully saturated rings. The summed E-state index contributed by atoms with van der Waals surface area (Å²) in [6.07, 6.45) is 1.09. The van der Waals surface area contributed by atoms with Gasteiger partial charge in [-0.3, -0.25) is 9.89 Å². The minimum Gasteiger partial charge on any atom is -0.357 e. The molecule has 148 valence electrons. The number of hydrogen-bond donors (Lipinski definition) is 2. The second kappa shape index (κ2) is 12.5. The van der Waals surface area contributed by atoms with Gasteiger partial charge in [-0.1, -0.05) is 30.3 Å². The van der Waals surface area contributed by atoms with Gasteiger partial charge in [-0.05, 0) is 39.8 Å². The molecular formula is C20H36IN5. The molecule has 0 aromatic heterocycles. The van der Waals surface area contributed by atoms with E-state index >= 15 is 0 Å². The lowest BCUT2D eigenvalue weighted by atomic mass is 10.0. The summed E-state index contributed by atoms with van der Waals surface area (Å²) in [6.45, 7) is 12.6. The zero-order chi connectivity index (χ0) is 18.1. The Kier molecular flexibility index (Phi) is 11.2. The average Bonchev–Trinajstić information content (AvgIpc) is 2.60. The molecule has 2 N–H and O–H groups in total. The van der Waals surface area contributed by atoms with Gasteiger partial charge in [0.1, 0.15) is 0 Å². The first-order valence-corrected chi connectivity index (χ1v) is 9.62. The van der Waals surface area contributed by atoms with Crippen molar-refractivity contribution in [3.8, 4) is 0 Å². The minimum atomic E-state index is 0. The van der Waals surface area contributed by atoms with Gasteiger partial charge < -0.3 is 15.5 Å². The lowest BCUT2D eigenvalue weighted by Gasteiger charge is -2.40. The first-order chi connectivity index (χ1) is 12.1. The number of hydrogen-bond acceptors (Lipinski definition) is 3. The van der Waals surface area contributed by atoms with Gasteiger partial charge in [0.15, 0.2) is 5.96 Å². The van der Waals surface area contributed by atoms with Gasteiger partial charge in [-0.2, -0.15) is 0 Å². The summed E-state index contributed by atoms with van der Waals surface area (Å²) in [5.74, 6) is 0.926. The van der Waals surface area contributed by atoms with Gasteiger partial charge in [0, 0.05) is 51.4 Å². The van der Waals surface area contributed by atoms with Gasteiger partial charge in [0.25, 0.3) is 0 Å². The molecule has 1 heterocycles. The van der Waals surface area contributed by atoms with Crippen LogP contribution in [0, 0.1) is 0 Å². The Balaban J connectivity index is 0.00000338. The molecule has 1 aromatic carbocycles. The number of likely N-dealkylation sites (N-methyl/N-ethyl adjacent to an activating group) is 1. The van der Waals surface area contributed by atoms with Crippen LogP contribution < -0.4 is 10.6 Å². The summed E-state index contributed by atoms with van der Waals surface area (Å²) in [7, 11) is 2.22. The van der Waals surface area contributed by atoms with Crippen molar-refractivity contribution in [1.82, 2.24) is 20.4 Å². The van der Waals surface area contributed by atoms with Gasteiger partial charge in [-0.15, -0.1) is 24.0 Å². The number of rotatable bonds is 7.